The molecule has 1 heterocycles. The summed E-state index contributed by atoms with van der Waals surface area (Å²) < 4.78 is 0. The van der Waals surface area contributed by atoms with Crippen molar-refractivity contribution in [3.05, 3.63) is 65.7 Å². The maximum Gasteiger partial charge on any atom is 0.241 e. The summed E-state index contributed by atoms with van der Waals surface area (Å²) in [4.78, 5) is 26.3. The number of hydrogen-bond donors (Lipinski definition) is 2. The monoisotopic (exact) mass is 365 g/mol. The van der Waals surface area contributed by atoms with Gasteiger partial charge in [-0.3, -0.25) is 9.59 Å². The van der Waals surface area contributed by atoms with E-state index in [0.29, 0.717) is 12.8 Å². The fraction of sp³-hybridized carbons (Fsp3) is 0.364. The molecule has 2 aromatic rings. The van der Waals surface area contributed by atoms with Crippen molar-refractivity contribution in [2.75, 3.05) is 18.4 Å². The maximum absolute atomic E-state index is 12.3. The molecule has 5 nitrogen and oxygen atoms in total. The molecule has 1 aliphatic heterocycles. The SMILES string of the molecule is N[C@@H](Cc1ccccc1)C(=O)Nc1ccc(CCC(=O)N2CCCC2)cc1. The van der Waals surface area contributed by atoms with E-state index >= 15 is 0 Å². The Morgan fingerprint density at radius 3 is 2.30 bits per heavy atom. The zero-order valence-corrected chi connectivity index (χ0v) is 15.6. The minimum Gasteiger partial charge on any atom is -0.343 e. The number of aryl methyl sites for hydroxylation is 1. The van der Waals surface area contributed by atoms with Gasteiger partial charge in [0.2, 0.25) is 11.8 Å². The van der Waals surface area contributed by atoms with Gasteiger partial charge in [-0.15, -0.1) is 0 Å². The van der Waals surface area contributed by atoms with Crippen LogP contribution in [0, 0.1) is 0 Å². The largest absolute Gasteiger partial charge is 0.343 e. The zero-order chi connectivity index (χ0) is 19.1. The van der Waals surface area contributed by atoms with Gasteiger partial charge in [0.05, 0.1) is 6.04 Å². The summed E-state index contributed by atoms with van der Waals surface area (Å²) in [5, 5.41) is 2.86. The number of nitrogens with two attached hydrogens (primary N) is 1. The molecule has 3 rings (SSSR count). The van der Waals surface area contributed by atoms with Crippen LogP contribution in [0.25, 0.3) is 0 Å². The van der Waals surface area contributed by atoms with Crippen molar-refractivity contribution in [3.8, 4) is 0 Å². The highest BCUT2D eigenvalue weighted by atomic mass is 16.2. The second kappa shape index (κ2) is 9.33. The third kappa shape index (κ3) is 5.66. The first kappa shape index (κ1) is 19.1. The first-order chi connectivity index (χ1) is 13.1. The molecule has 0 aromatic heterocycles. The lowest BCUT2D eigenvalue weighted by atomic mass is 10.1. The molecule has 2 aromatic carbocycles. The number of anilines is 1. The summed E-state index contributed by atoms with van der Waals surface area (Å²) >= 11 is 0. The average Bonchev–Trinajstić information content (AvgIpc) is 3.23. The Labute approximate surface area is 160 Å². The summed E-state index contributed by atoms with van der Waals surface area (Å²) in [6.07, 6.45) is 3.99. The van der Waals surface area contributed by atoms with Gasteiger partial charge in [-0.2, -0.15) is 0 Å². The normalized spacial score (nSPS) is 14.8. The predicted octanol–water partition coefficient (Wildman–Crippen LogP) is 2.75. The van der Waals surface area contributed by atoms with Gasteiger partial charge in [-0.25, -0.2) is 0 Å². The number of nitrogens with zero attached hydrogens (tertiary/aromatic N) is 1. The number of carbonyl (C=O) groups is 2. The molecule has 1 atom stereocenters. The Morgan fingerprint density at radius 2 is 1.63 bits per heavy atom. The van der Waals surface area contributed by atoms with E-state index in [1.165, 1.54) is 0 Å². The molecule has 1 aliphatic rings. The second-order valence-electron chi connectivity index (χ2n) is 7.07. The smallest absolute Gasteiger partial charge is 0.241 e. The van der Waals surface area contributed by atoms with Crippen LogP contribution in [-0.4, -0.2) is 35.8 Å². The first-order valence-electron chi connectivity index (χ1n) is 9.59. The molecule has 1 saturated heterocycles. The van der Waals surface area contributed by atoms with Gasteiger partial charge in [-0.05, 0) is 48.9 Å². The molecule has 5 heteroatoms. The molecule has 0 unspecified atom stereocenters. The van der Waals surface area contributed by atoms with Gasteiger partial charge >= 0.3 is 0 Å². The molecule has 1 fully saturated rings. The fourth-order valence-corrected chi connectivity index (χ4v) is 3.33. The Morgan fingerprint density at radius 1 is 0.963 bits per heavy atom. The molecule has 2 amide bonds. The standard InChI is InChI=1S/C22H27N3O2/c23-20(16-18-6-2-1-3-7-18)22(27)24-19-11-8-17(9-12-19)10-13-21(26)25-14-4-5-15-25/h1-3,6-9,11-12,20H,4-5,10,13-16,23H2,(H,24,27)/t20-/m0/s1. The third-order valence-electron chi connectivity index (χ3n) is 4.94. The van der Waals surface area contributed by atoms with E-state index in [0.717, 1.165) is 49.2 Å². The molecule has 0 aliphatic carbocycles. The predicted molar refractivity (Wildman–Crippen MR) is 107 cm³/mol. The van der Waals surface area contributed by atoms with E-state index in [1.807, 2.05) is 59.5 Å². The molecular weight excluding hydrogens is 338 g/mol. The lowest BCUT2D eigenvalue weighted by molar-refractivity contribution is -0.130. The summed E-state index contributed by atoms with van der Waals surface area (Å²) in [6, 6.07) is 16.8. The van der Waals surface area contributed by atoms with Crippen molar-refractivity contribution in [3.63, 3.8) is 0 Å². The average molecular weight is 365 g/mol. The quantitative estimate of drug-likeness (QED) is 0.792. The molecule has 0 spiro atoms. The van der Waals surface area contributed by atoms with Gasteiger partial charge in [0, 0.05) is 25.2 Å². The van der Waals surface area contributed by atoms with Crippen LogP contribution in [0.2, 0.25) is 0 Å². The van der Waals surface area contributed by atoms with E-state index in [9.17, 15) is 9.59 Å². The van der Waals surface area contributed by atoms with Crippen LogP contribution in [0.4, 0.5) is 5.69 Å². The van der Waals surface area contributed by atoms with Crippen molar-refractivity contribution in [1.82, 2.24) is 4.90 Å². The number of carbonyl (C=O) groups excluding carboxylic acids is 2. The van der Waals surface area contributed by atoms with Crippen molar-refractivity contribution in [2.24, 2.45) is 5.73 Å². The number of rotatable bonds is 7. The van der Waals surface area contributed by atoms with Crippen molar-refractivity contribution in [1.29, 1.82) is 0 Å². The Balaban J connectivity index is 1.46. The molecule has 3 N–H and O–H groups in total. The number of benzene rings is 2. The minimum absolute atomic E-state index is 0.198. The number of likely N-dealkylation sites (tertiary alicyclic amines) is 1. The highest BCUT2D eigenvalue weighted by Gasteiger charge is 2.17. The van der Waals surface area contributed by atoms with Crippen LogP contribution >= 0.6 is 0 Å². The number of nitrogens with one attached hydrogen (secondary N) is 1. The Kier molecular flexibility index (Phi) is 6.60. The van der Waals surface area contributed by atoms with Gasteiger partial charge in [0.25, 0.3) is 0 Å². The molecule has 142 valence electrons. The fourth-order valence-electron chi connectivity index (χ4n) is 3.33. The molecule has 27 heavy (non-hydrogen) atoms. The maximum atomic E-state index is 12.3. The van der Waals surface area contributed by atoms with Crippen LogP contribution in [0.15, 0.2) is 54.6 Å². The lowest BCUT2D eigenvalue weighted by Gasteiger charge is -2.15. The van der Waals surface area contributed by atoms with Crippen LogP contribution in [0.5, 0.6) is 0 Å². The number of amides is 2. The first-order valence-corrected chi connectivity index (χ1v) is 9.59. The Hall–Kier alpha value is -2.66. The van der Waals surface area contributed by atoms with E-state index in [-0.39, 0.29) is 11.8 Å². The topological polar surface area (TPSA) is 75.4 Å². The third-order valence-corrected chi connectivity index (χ3v) is 4.94. The van der Waals surface area contributed by atoms with Crippen LogP contribution in [0.1, 0.15) is 30.4 Å². The van der Waals surface area contributed by atoms with E-state index < -0.39 is 6.04 Å². The van der Waals surface area contributed by atoms with Crippen LogP contribution < -0.4 is 11.1 Å². The van der Waals surface area contributed by atoms with Gasteiger partial charge in [-0.1, -0.05) is 42.5 Å². The lowest BCUT2D eigenvalue weighted by Crippen LogP contribution is -2.37. The van der Waals surface area contributed by atoms with Crippen LogP contribution in [0.3, 0.4) is 0 Å². The molecule has 0 bridgehead atoms. The number of hydrogen-bond acceptors (Lipinski definition) is 3. The highest BCUT2D eigenvalue weighted by molar-refractivity contribution is 5.94. The van der Waals surface area contributed by atoms with Crippen molar-refractivity contribution >= 4 is 17.5 Å². The molecule has 0 saturated carbocycles. The van der Waals surface area contributed by atoms with Gasteiger partial charge in [0.15, 0.2) is 0 Å². The zero-order valence-electron chi connectivity index (χ0n) is 15.6. The minimum atomic E-state index is -0.592. The summed E-state index contributed by atoms with van der Waals surface area (Å²) in [7, 11) is 0. The van der Waals surface area contributed by atoms with E-state index in [2.05, 4.69) is 5.32 Å². The van der Waals surface area contributed by atoms with E-state index in [1.54, 1.807) is 0 Å². The van der Waals surface area contributed by atoms with Crippen molar-refractivity contribution in [2.45, 2.75) is 38.1 Å². The summed E-state index contributed by atoms with van der Waals surface area (Å²) in [5.74, 6) is 0.0348. The second-order valence-corrected chi connectivity index (χ2v) is 7.07. The van der Waals surface area contributed by atoms with E-state index in [4.69, 9.17) is 5.73 Å². The van der Waals surface area contributed by atoms with Gasteiger partial charge < -0.3 is 16.0 Å². The van der Waals surface area contributed by atoms with Gasteiger partial charge in [0.1, 0.15) is 0 Å². The summed E-state index contributed by atoms with van der Waals surface area (Å²) in [5.41, 5.74) is 8.87. The summed E-state index contributed by atoms with van der Waals surface area (Å²) in [6.45, 7) is 1.79. The van der Waals surface area contributed by atoms with Crippen LogP contribution in [-0.2, 0) is 22.4 Å². The van der Waals surface area contributed by atoms with Crippen molar-refractivity contribution < 1.29 is 9.59 Å². The Bertz CT molecular complexity index is 753. The highest BCUT2D eigenvalue weighted by Crippen LogP contribution is 2.14. The molecule has 0 radical (unpaired) electrons. The molecular formula is C22H27N3O2.